The Hall–Kier alpha value is -3.59. The normalized spacial score (nSPS) is 11.2. The molecular formula is C24H26FN3O4S. The molecule has 0 aliphatic carbocycles. The summed E-state index contributed by atoms with van der Waals surface area (Å²) in [6.45, 7) is 3.89. The second kappa shape index (κ2) is 9.91. The average Bonchev–Trinajstić information content (AvgIpc) is 2.79. The van der Waals surface area contributed by atoms with Crippen molar-refractivity contribution in [2.45, 2.75) is 24.8 Å². The molecule has 0 heterocycles. The van der Waals surface area contributed by atoms with E-state index in [0.29, 0.717) is 11.4 Å². The molecule has 1 amide bonds. The third kappa shape index (κ3) is 5.61. The molecule has 0 atom stereocenters. The summed E-state index contributed by atoms with van der Waals surface area (Å²) in [6, 6.07) is 16.7. The number of para-hydroxylation sites is 2. The van der Waals surface area contributed by atoms with Crippen molar-refractivity contribution in [2.75, 3.05) is 29.1 Å². The number of halogens is 1. The van der Waals surface area contributed by atoms with Gasteiger partial charge in [-0.1, -0.05) is 18.2 Å². The first-order valence-corrected chi connectivity index (χ1v) is 11.7. The fourth-order valence-corrected chi connectivity index (χ4v) is 4.21. The Balaban J connectivity index is 1.80. The smallest absolute Gasteiger partial charge is 0.262 e. The van der Waals surface area contributed by atoms with Crippen molar-refractivity contribution in [3.8, 4) is 5.75 Å². The van der Waals surface area contributed by atoms with Crippen molar-refractivity contribution in [1.82, 2.24) is 0 Å². The number of nitrogens with zero attached hydrogens (tertiary/aromatic N) is 1. The van der Waals surface area contributed by atoms with Crippen LogP contribution in [0.15, 0.2) is 71.6 Å². The van der Waals surface area contributed by atoms with Gasteiger partial charge in [0, 0.05) is 24.3 Å². The van der Waals surface area contributed by atoms with Crippen molar-refractivity contribution in [3.05, 3.63) is 78.1 Å². The number of rotatable bonds is 8. The molecule has 3 aromatic rings. The van der Waals surface area contributed by atoms with Gasteiger partial charge in [0.25, 0.3) is 15.9 Å². The van der Waals surface area contributed by atoms with Crippen LogP contribution in [0.3, 0.4) is 0 Å². The molecule has 0 bridgehead atoms. The summed E-state index contributed by atoms with van der Waals surface area (Å²) >= 11 is 0. The van der Waals surface area contributed by atoms with E-state index in [0.717, 1.165) is 0 Å². The number of methoxy groups -OCH3 is 1. The Morgan fingerprint density at radius 1 is 1.03 bits per heavy atom. The van der Waals surface area contributed by atoms with Crippen LogP contribution >= 0.6 is 0 Å². The van der Waals surface area contributed by atoms with E-state index in [-0.39, 0.29) is 27.9 Å². The summed E-state index contributed by atoms with van der Waals surface area (Å²) in [6.07, 6.45) is 0. The van der Waals surface area contributed by atoms with Gasteiger partial charge in [0.2, 0.25) is 0 Å². The van der Waals surface area contributed by atoms with Crippen molar-refractivity contribution >= 4 is 33.0 Å². The molecule has 0 saturated carbocycles. The number of anilines is 3. The van der Waals surface area contributed by atoms with Crippen LogP contribution in [0.4, 0.5) is 21.5 Å². The van der Waals surface area contributed by atoms with Crippen LogP contribution in [0.5, 0.6) is 5.75 Å². The van der Waals surface area contributed by atoms with Gasteiger partial charge in [0.05, 0.1) is 23.4 Å². The summed E-state index contributed by atoms with van der Waals surface area (Å²) in [4.78, 5) is 14.4. The lowest BCUT2D eigenvalue weighted by Crippen LogP contribution is -2.26. The van der Waals surface area contributed by atoms with Crippen molar-refractivity contribution < 1.29 is 22.3 Å². The van der Waals surface area contributed by atoms with E-state index in [2.05, 4.69) is 10.0 Å². The Labute approximate surface area is 193 Å². The zero-order valence-corrected chi connectivity index (χ0v) is 19.6. The summed E-state index contributed by atoms with van der Waals surface area (Å²) in [5.74, 6) is -0.668. The molecule has 0 aliphatic rings. The number of nitrogens with one attached hydrogen (secondary N) is 2. The number of carbonyl (C=O) groups is 1. The van der Waals surface area contributed by atoms with Crippen LogP contribution in [0.2, 0.25) is 0 Å². The summed E-state index contributed by atoms with van der Waals surface area (Å²) in [5, 5.41) is 2.61. The zero-order valence-electron chi connectivity index (χ0n) is 18.8. The minimum atomic E-state index is -3.98. The minimum Gasteiger partial charge on any atom is -0.495 e. The summed E-state index contributed by atoms with van der Waals surface area (Å²) in [5.41, 5.74) is 1.07. The van der Waals surface area contributed by atoms with Crippen LogP contribution in [-0.2, 0) is 10.0 Å². The number of benzene rings is 3. The number of hydrogen-bond acceptors (Lipinski definition) is 5. The van der Waals surface area contributed by atoms with Gasteiger partial charge in [0.15, 0.2) is 0 Å². The second-order valence-corrected chi connectivity index (χ2v) is 9.34. The van der Waals surface area contributed by atoms with E-state index in [9.17, 15) is 17.6 Å². The fraction of sp³-hybridized carbons (Fsp3) is 0.208. The van der Waals surface area contributed by atoms with Crippen LogP contribution in [-0.4, -0.2) is 34.5 Å². The Morgan fingerprint density at radius 3 is 2.42 bits per heavy atom. The van der Waals surface area contributed by atoms with Crippen LogP contribution < -0.4 is 19.7 Å². The molecule has 0 unspecified atom stereocenters. The number of carbonyl (C=O) groups excluding carboxylic acids is 1. The Bertz CT molecular complexity index is 1260. The monoisotopic (exact) mass is 471 g/mol. The van der Waals surface area contributed by atoms with Gasteiger partial charge >= 0.3 is 0 Å². The van der Waals surface area contributed by atoms with E-state index in [1.165, 1.54) is 37.4 Å². The molecule has 7 nitrogen and oxygen atoms in total. The van der Waals surface area contributed by atoms with E-state index in [4.69, 9.17) is 4.74 Å². The van der Waals surface area contributed by atoms with E-state index < -0.39 is 21.7 Å². The fourth-order valence-electron chi connectivity index (χ4n) is 3.09. The number of amides is 1. The third-order valence-electron chi connectivity index (χ3n) is 5.12. The topological polar surface area (TPSA) is 87.7 Å². The molecule has 0 fully saturated rings. The quantitative estimate of drug-likeness (QED) is 0.496. The molecule has 0 spiro atoms. The van der Waals surface area contributed by atoms with E-state index in [1.807, 2.05) is 13.8 Å². The Kier molecular flexibility index (Phi) is 7.23. The van der Waals surface area contributed by atoms with Gasteiger partial charge in [-0.05, 0) is 62.4 Å². The third-order valence-corrected chi connectivity index (χ3v) is 6.48. The number of hydrogen-bond donors (Lipinski definition) is 2. The zero-order chi connectivity index (χ0) is 24.2. The average molecular weight is 472 g/mol. The highest BCUT2D eigenvalue weighted by Crippen LogP contribution is 2.27. The Morgan fingerprint density at radius 2 is 1.76 bits per heavy atom. The lowest BCUT2D eigenvalue weighted by atomic mass is 10.2. The molecule has 3 rings (SSSR count). The van der Waals surface area contributed by atoms with Gasteiger partial charge in [0.1, 0.15) is 11.6 Å². The van der Waals surface area contributed by atoms with Crippen molar-refractivity contribution in [2.24, 2.45) is 0 Å². The second-order valence-electron chi connectivity index (χ2n) is 7.66. The highest BCUT2D eigenvalue weighted by atomic mass is 32.2. The lowest BCUT2D eigenvalue weighted by molar-refractivity contribution is 0.102. The van der Waals surface area contributed by atoms with E-state index in [1.54, 1.807) is 48.3 Å². The van der Waals surface area contributed by atoms with Gasteiger partial charge in [-0.15, -0.1) is 0 Å². The van der Waals surface area contributed by atoms with Crippen molar-refractivity contribution in [3.63, 3.8) is 0 Å². The molecule has 9 heteroatoms. The van der Waals surface area contributed by atoms with Gasteiger partial charge < -0.3 is 15.0 Å². The maximum Gasteiger partial charge on any atom is 0.262 e. The highest BCUT2D eigenvalue weighted by molar-refractivity contribution is 7.92. The first kappa shape index (κ1) is 24.1. The SMILES string of the molecule is COc1ccccc1NS(=O)(=O)c1cccc(C(=O)Nc2ccc(N(C)C(C)C)c(F)c2)c1. The molecule has 174 valence electrons. The molecule has 2 N–H and O–H groups in total. The molecular weight excluding hydrogens is 445 g/mol. The lowest BCUT2D eigenvalue weighted by Gasteiger charge is -2.24. The molecule has 33 heavy (non-hydrogen) atoms. The maximum absolute atomic E-state index is 14.5. The standard InChI is InChI=1S/C24H26FN3O4S/c1-16(2)28(3)22-13-12-18(15-20(22)25)26-24(29)17-8-7-9-19(14-17)33(30,31)27-21-10-5-6-11-23(21)32-4/h5-16,27H,1-4H3,(H,26,29). The maximum atomic E-state index is 14.5. The number of ether oxygens (including phenoxy) is 1. The predicted molar refractivity (Wildman–Crippen MR) is 128 cm³/mol. The van der Waals surface area contributed by atoms with Crippen LogP contribution in [0, 0.1) is 5.82 Å². The molecule has 0 radical (unpaired) electrons. The van der Waals surface area contributed by atoms with Crippen molar-refractivity contribution in [1.29, 1.82) is 0 Å². The predicted octanol–water partition coefficient (Wildman–Crippen LogP) is 4.73. The molecule has 0 aliphatic heterocycles. The molecule has 0 aromatic heterocycles. The molecule has 3 aromatic carbocycles. The first-order valence-electron chi connectivity index (χ1n) is 10.2. The van der Waals surface area contributed by atoms with E-state index >= 15 is 0 Å². The largest absolute Gasteiger partial charge is 0.495 e. The molecule has 0 saturated heterocycles. The highest BCUT2D eigenvalue weighted by Gasteiger charge is 2.19. The van der Waals surface area contributed by atoms with Gasteiger partial charge in [-0.3, -0.25) is 9.52 Å². The number of sulfonamides is 1. The van der Waals surface area contributed by atoms with Crippen LogP contribution in [0.25, 0.3) is 0 Å². The van der Waals surface area contributed by atoms with Gasteiger partial charge in [-0.25, -0.2) is 12.8 Å². The minimum absolute atomic E-state index is 0.0962. The summed E-state index contributed by atoms with van der Waals surface area (Å²) in [7, 11) is -0.757. The van der Waals surface area contributed by atoms with Gasteiger partial charge in [-0.2, -0.15) is 0 Å². The first-order chi connectivity index (χ1) is 15.6. The van der Waals surface area contributed by atoms with Crippen LogP contribution in [0.1, 0.15) is 24.2 Å². The summed E-state index contributed by atoms with van der Waals surface area (Å²) < 4.78 is 47.9.